The lowest BCUT2D eigenvalue weighted by molar-refractivity contribution is -0.137. The van der Waals surface area contributed by atoms with Crippen LogP contribution in [0.25, 0.3) is 5.69 Å². The van der Waals surface area contributed by atoms with E-state index in [9.17, 15) is 32.0 Å². The Balaban J connectivity index is 2.30. The summed E-state index contributed by atoms with van der Waals surface area (Å²) in [6, 6.07) is 2.81. The van der Waals surface area contributed by atoms with Crippen LogP contribution < -0.4 is 5.32 Å². The molecule has 1 aromatic heterocycles. The van der Waals surface area contributed by atoms with Crippen LogP contribution in [-0.4, -0.2) is 52.7 Å². The number of nitriles is 1. The third-order valence-electron chi connectivity index (χ3n) is 5.02. The highest BCUT2D eigenvalue weighted by molar-refractivity contribution is 6.38. The molecule has 1 amide bonds. The number of hydrogen-bond donors (Lipinski definition) is 1. The minimum absolute atomic E-state index is 0.344. The molecule has 0 saturated heterocycles. The number of aliphatic imine (C=N–C) groups is 1. The predicted octanol–water partition coefficient (Wildman–Crippen LogP) is 6.05. The van der Waals surface area contributed by atoms with Crippen molar-refractivity contribution >= 4 is 41.5 Å². The molecule has 1 heterocycles. The Morgan fingerprint density at radius 3 is 2.22 bits per heavy atom. The second kappa shape index (κ2) is 9.33. The van der Waals surface area contributed by atoms with E-state index in [1.165, 1.54) is 11.2 Å². The van der Waals surface area contributed by atoms with E-state index in [4.69, 9.17) is 27.9 Å². The molecule has 1 N–H and O–H groups in total. The van der Waals surface area contributed by atoms with Crippen LogP contribution in [0.1, 0.15) is 44.0 Å². The molecule has 1 aliphatic rings. The number of alkyl carbamates (subject to hydrolysis) is 1. The molecule has 0 aliphatic heterocycles. The number of nitrogens with zero attached hydrogens (tertiary/aromatic N) is 5. The van der Waals surface area contributed by atoms with Gasteiger partial charge in [0.25, 0.3) is 5.92 Å². The maximum atomic E-state index is 14.9. The maximum Gasteiger partial charge on any atom is 0.416 e. The summed E-state index contributed by atoms with van der Waals surface area (Å²) in [4.78, 5) is 18.0. The molecule has 0 spiro atoms. The molecule has 1 aliphatic carbocycles. The summed E-state index contributed by atoms with van der Waals surface area (Å²) >= 11 is 12.2. The first-order valence-corrected chi connectivity index (χ1v) is 11.3. The second-order valence-corrected chi connectivity index (χ2v) is 10.4. The maximum absolute atomic E-state index is 14.9. The third kappa shape index (κ3) is 5.60. The smallest absolute Gasteiger partial charge is 0.416 e. The number of alkyl halides is 5. The van der Waals surface area contributed by atoms with Gasteiger partial charge in [-0.3, -0.25) is 0 Å². The van der Waals surface area contributed by atoms with Crippen LogP contribution >= 0.6 is 23.2 Å². The first-order chi connectivity index (χ1) is 16.8. The minimum Gasteiger partial charge on any atom is -0.431 e. The first-order valence-electron chi connectivity index (χ1n) is 10.5. The van der Waals surface area contributed by atoms with Crippen molar-refractivity contribution in [2.24, 2.45) is 4.99 Å². The van der Waals surface area contributed by atoms with Crippen LogP contribution in [0.15, 0.2) is 17.1 Å². The van der Waals surface area contributed by atoms with Gasteiger partial charge in [-0.1, -0.05) is 23.2 Å². The zero-order valence-corrected chi connectivity index (χ0v) is 21.6. The zero-order valence-electron chi connectivity index (χ0n) is 20.1. The lowest BCUT2D eigenvalue weighted by Crippen LogP contribution is -2.43. The van der Waals surface area contributed by atoms with Crippen molar-refractivity contribution in [1.29, 1.82) is 5.26 Å². The fourth-order valence-electron chi connectivity index (χ4n) is 3.43. The number of hydrogen-bond acceptors (Lipinski definition) is 5. The van der Waals surface area contributed by atoms with Gasteiger partial charge >= 0.3 is 12.3 Å². The Bertz CT molecular complexity index is 1290. The molecule has 2 aromatic rings. The highest BCUT2D eigenvalue weighted by Crippen LogP contribution is 2.65. The van der Waals surface area contributed by atoms with E-state index in [0.717, 1.165) is 4.68 Å². The van der Waals surface area contributed by atoms with Crippen molar-refractivity contribution in [2.75, 3.05) is 14.1 Å². The molecule has 8 nitrogen and oxygen atoms in total. The largest absolute Gasteiger partial charge is 0.431 e. The number of nitrogens with one attached hydrogen (secondary N) is 1. The Kier molecular flexibility index (Phi) is 7.17. The molecule has 37 heavy (non-hydrogen) atoms. The average molecular weight is 567 g/mol. The molecule has 1 unspecified atom stereocenters. The SMILES string of the molecule is CN(C)/C=N/c1c(C2(OC(=O)NC(C)(C)C)CC2(F)F)c(C#N)nn1-c1c(Cl)cc(C(F)(F)F)cc1Cl. The molecule has 1 fully saturated rings. The predicted molar refractivity (Wildman–Crippen MR) is 126 cm³/mol. The molecule has 0 bridgehead atoms. The summed E-state index contributed by atoms with van der Waals surface area (Å²) in [5.41, 5.74) is -6.13. The van der Waals surface area contributed by atoms with Crippen molar-refractivity contribution < 1.29 is 31.5 Å². The van der Waals surface area contributed by atoms with Crippen LogP contribution in [-0.2, 0) is 16.5 Å². The topological polar surface area (TPSA) is 95.5 Å². The summed E-state index contributed by atoms with van der Waals surface area (Å²) in [6.07, 6.45) is -5.78. The fourth-order valence-corrected chi connectivity index (χ4v) is 4.07. The highest BCUT2D eigenvalue weighted by Gasteiger charge is 2.78. The van der Waals surface area contributed by atoms with Gasteiger partial charge in [-0.25, -0.2) is 23.2 Å². The van der Waals surface area contributed by atoms with Crippen molar-refractivity contribution in [3.05, 3.63) is 39.0 Å². The van der Waals surface area contributed by atoms with Gasteiger partial charge in [0.15, 0.2) is 11.5 Å². The number of carbonyl (C=O) groups excluding carboxylic acids is 1. The van der Waals surface area contributed by atoms with E-state index < -0.39 is 68.4 Å². The van der Waals surface area contributed by atoms with Crippen LogP contribution in [0.2, 0.25) is 10.0 Å². The van der Waals surface area contributed by atoms with Crippen molar-refractivity contribution in [3.63, 3.8) is 0 Å². The number of rotatable bonds is 5. The summed E-state index contributed by atoms with van der Waals surface area (Å²) in [7, 11) is 3.11. The van der Waals surface area contributed by atoms with Gasteiger partial charge in [0.1, 0.15) is 11.8 Å². The van der Waals surface area contributed by atoms with Gasteiger partial charge < -0.3 is 15.0 Å². The van der Waals surface area contributed by atoms with Crippen molar-refractivity contribution in [2.45, 2.75) is 50.4 Å². The zero-order chi connectivity index (χ0) is 28.1. The minimum atomic E-state index is -4.78. The van der Waals surface area contributed by atoms with E-state index in [-0.39, 0.29) is 5.69 Å². The quantitative estimate of drug-likeness (QED) is 0.270. The van der Waals surface area contributed by atoms with E-state index in [1.54, 1.807) is 40.9 Å². The van der Waals surface area contributed by atoms with Crippen LogP contribution in [0.5, 0.6) is 0 Å². The Morgan fingerprint density at radius 1 is 1.27 bits per heavy atom. The number of ether oxygens (including phenoxy) is 1. The Labute approximate surface area is 218 Å². The molecule has 1 atom stereocenters. The van der Waals surface area contributed by atoms with Crippen LogP contribution in [0.3, 0.4) is 0 Å². The third-order valence-corrected chi connectivity index (χ3v) is 5.59. The van der Waals surface area contributed by atoms with Gasteiger partial charge in [0.2, 0.25) is 5.60 Å². The molecular formula is C22H21Cl2F5N6O2. The summed E-state index contributed by atoms with van der Waals surface area (Å²) < 4.78 is 75.4. The van der Waals surface area contributed by atoms with Gasteiger partial charge in [-0.05, 0) is 32.9 Å². The molecule has 0 radical (unpaired) electrons. The Hall–Kier alpha value is -3.11. The average Bonchev–Trinajstić information content (AvgIpc) is 3.07. The summed E-state index contributed by atoms with van der Waals surface area (Å²) in [5, 5.41) is 15.0. The lowest BCUT2D eigenvalue weighted by atomic mass is 10.1. The molecule has 15 heteroatoms. The summed E-state index contributed by atoms with van der Waals surface area (Å²) in [6.45, 7) is 4.81. The molecule has 200 valence electrons. The highest BCUT2D eigenvalue weighted by atomic mass is 35.5. The van der Waals surface area contributed by atoms with Crippen LogP contribution in [0.4, 0.5) is 32.6 Å². The Morgan fingerprint density at radius 2 is 1.81 bits per heavy atom. The van der Waals surface area contributed by atoms with Crippen LogP contribution in [0, 0.1) is 11.3 Å². The monoisotopic (exact) mass is 566 g/mol. The lowest BCUT2D eigenvalue weighted by Gasteiger charge is -2.24. The fraction of sp³-hybridized carbons (Fsp3) is 0.455. The van der Waals surface area contributed by atoms with Crippen molar-refractivity contribution in [3.8, 4) is 11.8 Å². The number of carbonyl (C=O) groups is 1. The van der Waals surface area contributed by atoms with E-state index in [2.05, 4.69) is 15.4 Å². The number of benzene rings is 1. The number of amides is 1. The second-order valence-electron chi connectivity index (χ2n) is 9.54. The van der Waals surface area contributed by atoms with Gasteiger partial charge in [0.05, 0.1) is 33.9 Å². The number of halogens is 7. The summed E-state index contributed by atoms with van der Waals surface area (Å²) in [5.74, 6) is -4.05. The normalized spacial score (nSPS) is 19.0. The van der Waals surface area contributed by atoms with Gasteiger partial charge in [0, 0.05) is 19.6 Å². The number of aromatic nitrogens is 2. The standard InChI is InChI=1S/C22H21Cl2F5N6O2/c1-19(2,3)32-18(36)37-20(9-21(20,25)26)15-14(8-30)33-35(17(15)31-10-34(4)5)16-12(23)6-11(7-13(16)24)22(27,28)29/h6-7,10H,9H2,1-5H3,(H,32,36)/b31-10+. The van der Waals surface area contributed by atoms with Crippen molar-refractivity contribution in [1.82, 2.24) is 20.0 Å². The van der Waals surface area contributed by atoms with E-state index >= 15 is 0 Å². The molecular weight excluding hydrogens is 546 g/mol. The molecule has 3 rings (SSSR count). The molecule has 1 saturated carbocycles. The first kappa shape index (κ1) is 28.5. The van der Waals surface area contributed by atoms with Gasteiger partial charge in [-0.15, -0.1) is 0 Å². The van der Waals surface area contributed by atoms with Gasteiger partial charge in [-0.2, -0.15) is 23.5 Å². The van der Waals surface area contributed by atoms with E-state index in [0.29, 0.717) is 12.1 Å². The molecule has 1 aromatic carbocycles. The van der Waals surface area contributed by atoms with E-state index in [1.807, 2.05) is 0 Å².